The first kappa shape index (κ1) is 18.3. The molecule has 2 aromatic carbocycles. The molecule has 0 aliphatic rings. The summed E-state index contributed by atoms with van der Waals surface area (Å²) in [5.41, 5.74) is 0.885. The molecule has 0 radical (unpaired) electrons. The molecule has 0 bridgehead atoms. The fourth-order valence-electron chi connectivity index (χ4n) is 3.20. The van der Waals surface area contributed by atoms with E-state index in [0.29, 0.717) is 11.3 Å². The average Bonchev–Trinajstić information content (AvgIpc) is 3.15. The van der Waals surface area contributed by atoms with Crippen LogP contribution < -0.4 is 11.2 Å². The van der Waals surface area contributed by atoms with E-state index in [2.05, 4.69) is 15.5 Å². The minimum absolute atomic E-state index is 0.0126. The van der Waals surface area contributed by atoms with E-state index in [1.54, 1.807) is 43.0 Å². The number of carbonyl (C=O) groups is 1. The van der Waals surface area contributed by atoms with Crippen molar-refractivity contribution in [2.75, 3.05) is 0 Å². The number of carboxylic acid groups (broad SMARTS) is 1. The molecule has 146 valence electrons. The topological polar surface area (TPSA) is 125 Å². The fourth-order valence-corrected chi connectivity index (χ4v) is 3.20. The molecule has 0 atom stereocenters. The molecule has 4 aromatic rings. The lowest BCUT2D eigenvalue weighted by molar-refractivity contribution is 0.0697. The van der Waals surface area contributed by atoms with Crippen molar-refractivity contribution in [3.63, 3.8) is 0 Å². The maximum Gasteiger partial charge on any atom is 0.335 e. The molecule has 0 saturated heterocycles. The molecule has 0 spiro atoms. The van der Waals surface area contributed by atoms with Crippen molar-refractivity contribution >= 4 is 16.9 Å². The van der Waals surface area contributed by atoms with Gasteiger partial charge in [-0.3, -0.25) is 13.9 Å². The Morgan fingerprint density at radius 2 is 1.79 bits per heavy atom. The molecule has 2 aromatic heterocycles. The number of aromatic nitrogens is 6. The lowest BCUT2D eigenvalue weighted by Gasteiger charge is -2.11. The number of fused-ring (bicyclic) bond motifs is 1. The quantitative estimate of drug-likeness (QED) is 0.540. The Kier molecular flexibility index (Phi) is 4.30. The van der Waals surface area contributed by atoms with Gasteiger partial charge in [0.05, 0.1) is 23.0 Å². The standard InChI is InChI=1S/C19H16N6O4/c1-23-15-8-7-13(18(27)28)9-14(15)17(26)25(19(23)29)10-11-3-5-12(6-4-11)16-20-21-22-24(16)2/h3-9H,10H2,1-2H3,(H,27,28). The molecule has 10 nitrogen and oxygen atoms in total. The van der Waals surface area contributed by atoms with Crippen molar-refractivity contribution in [3.8, 4) is 11.4 Å². The number of carboxylic acids is 1. The predicted octanol–water partition coefficient (Wildman–Crippen LogP) is 0.637. The molecule has 4 rings (SSSR count). The minimum atomic E-state index is -1.14. The molecule has 0 unspecified atom stereocenters. The second-order valence-electron chi connectivity index (χ2n) is 6.59. The number of hydrogen-bond donors (Lipinski definition) is 1. The van der Waals surface area contributed by atoms with Gasteiger partial charge in [-0.1, -0.05) is 24.3 Å². The van der Waals surface area contributed by atoms with Gasteiger partial charge in [0.1, 0.15) is 0 Å². The Morgan fingerprint density at radius 3 is 2.41 bits per heavy atom. The zero-order valence-electron chi connectivity index (χ0n) is 15.6. The third-order valence-electron chi connectivity index (χ3n) is 4.77. The number of hydrogen-bond acceptors (Lipinski definition) is 6. The summed E-state index contributed by atoms with van der Waals surface area (Å²) in [6.07, 6.45) is 0. The lowest BCUT2D eigenvalue weighted by Crippen LogP contribution is -2.39. The van der Waals surface area contributed by atoms with E-state index >= 15 is 0 Å². The van der Waals surface area contributed by atoms with E-state index in [0.717, 1.165) is 15.7 Å². The molecule has 29 heavy (non-hydrogen) atoms. The lowest BCUT2D eigenvalue weighted by atomic mass is 10.1. The molecule has 0 aliphatic carbocycles. The third-order valence-corrected chi connectivity index (χ3v) is 4.77. The van der Waals surface area contributed by atoms with Crippen molar-refractivity contribution < 1.29 is 9.90 Å². The van der Waals surface area contributed by atoms with Crippen LogP contribution in [0.1, 0.15) is 15.9 Å². The van der Waals surface area contributed by atoms with Gasteiger partial charge < -0.3 is 5.11 Å². The van der Waals surface area contributed by atoms with Gasteiger partial charge in [-0.2, -0.15) is 0 Å². The molecule has 0 aliphatic heterocycles. The highest BCUT2D eigenvalue weighted by molar-refractivity contribution is 5.93. The maximum atomic E-state index is 12.9. The van der Waals surface area contributed by atoms with Crippen molar-refractivity contribution in [2.45, 2.75) is 6.54 Å². The van der Waals surface area contributed by atoms with Gasteiger partial charge in [-0.05, 0) is 34.2 Å². The maximum absolute atomic E-state index is 12.9. The van der Waals surface area contributed by atoms with Gasteiger partial charge in [0.15, 0.2) is 5.82 Å². The number of rotatable bonds is 4. The smallest absolute Gasteiger partial charge is 0.335 e. The largest absolute Gasteiger partial charge is 0.478 e. The molecule has 1 N–H and O–H groups in total. The average molecular weight is 392 g/mol. The number of tetrazole rings is 1. The fraction of sp³-hybridized carbons (Fsp3) is 0.158. The molecule has 0 amide bonds. The van der Waals surface area contributed by atoms with E-state index < -0.39 is 17.2 Å². The van der Waals surface area contributed by atoms with Gasteiger partial charge in [0.25, 0.3) is 5.56 Å². The second-order valence-corrected chi connectivity index (χ2v) is 6.59. The van der Waals surface area contributed by atoms with Crippen LogP contribution in [0.3, 0.4) is 0 Å². The first-order chi connectivity index (χ1) is 13.9. The summed E-state index contributed by atoms with van der Waals surface area (Å²) in [5, 5.41) is 20.7. The number of benzene rings is 2. The first-order valence-electron chi connectivity index (χ1n) is 8.65. The minimum Gasteiger partial charge on any atom is -0.478 e. The number of aromatic carboxylic acids is 1. The van der Waals surface area contributed by atoms with Gasteiger partial charge in [-0.25, -0.2) is 14.3 Å². The Balaban J connectivity index is 1.78. The van der Waals surface area contributed by atoms with Crippen LogP contribution in [-0.2, 0) is 20.6 Å². The Hall–Kier alpha value is -4.08. The van der Waals surface area contributed by atoms with E-state index in [-0.39, 0.29) is 17.5 Å². The molecular weight excluding hydrogens is 376 g/mol. The monoisotopic (exact) mass is 392 g/mol. The molecule has 10 heteroatoms. The van der Waals surface area contributed by atoms with Crippen molar-refractivity contribution in [2.24, 2.45) is 14.1 Å². The van der Waals surface area contributed by atoms with E-state index in [1.165, 1.54) is 22.8 Å². The van der Waals surface area contributed by atoms with Gasteiger partial charge >= 0.3 is 11.7 Å². The highest BCUT2D eigenvalue weighted by atomic mass is 16.4. The molecule has 0 saturated carbocycles. The van der Waals surface area contributed by atoms with Crippen LogP contribution in [0, 0.1) is 0 Å². The first-order valence-corrected chi connectivity index (χ1v) is 8.65. The highest BCUT2D eigenvalue weighted by Crippen LogP contribution is 2.16. The van der Waals surface area contributed by atoms with Crippen LogP contribution in [0.2, 0.25) is 0 Å². The highest BCUT2D eigenvalue weighted by Gasteiger charge is 2.14. The number of nitrogens with zero attached hydrogens (tertiary/aromatic N) is 6. The van der Waals surface area contributed by atoms with E-state index in [1.807, 2.05) is 0 Å². The Morgan fingerprint density at radius 1 is 1.07 bits per heavy atom. The predicted molar refractivity (Wildman–Crippen MR) is 104 cm³/mol. The van der Waals surface area contributed by atoms with Gasteiger partial charge in [-0.15, -0.1) is 5.10 Å². The van der Waals surface area contributed by atoms with Crippen LogP contribution in [0.5, 0.6) is 0 Å². The van der Waals surface area contributed by atoms with Crippen LogP contribution in [0.15, 0.2) is 52.1 Å². The molecule has 2 heterocycles. The van der Waals surface area contributed by atoms with Gasteiger partial charge in [0, 0.05) is 19.7 Å². The van der Waals surface area contributed by atoms with Crippen LogP contribution in [0.4, 0.5) is 0 Å². The molecule has 0 fully saturated rings. The van der Waals surface area contributed by atoms with Crippen LogP contribution >= 0.6 is 0 Å². The van der Waals surface area contributed by atoms with Crippen LogP contribution in [0.25, 0.3) is 22.3 Å². The molecular formula is C19H16N6O4. The number of aryl methyl sites for hydroxylation is 2. The van der Waals surface area contributed by atoms with Gasteiger partial charge in [0.2, 0.25) is 0 Å². The second kappa shape index (κ2) is 6.82. The zero-order chi connectivity index (χ0) is 20.7. The summed E-state index contributed by atoms with van der Waals surface area (Å²) >= 11 is 0. The summed E-state index contributed by atoms with van der Waals surface area (Å²) in [6, 6.07) is 11.3. The van der Waals surface area contributed by atoms with E-state index in [4.69, 9.17) is 0 Å². The van der Waals surface area contributed by atoms with E-state index in [9.17, 15) is 19.5 Å². The third kappa shape index (κ3) is 3.10. The van der Waals surface area contributed by atoms with Crippen molar-refractivity contribution in [1.29, 1.82) is 0 Å². The summed E-state index contributed by atoms with van der Waals surface area (Å²) in [6.45, 7) is 0.0517. The van der Waals surface area contributed by atoms with Crippen LogP contribution in [-0.4, -0.2) is 40.4 Å². The van der Waals surface area contributed by atoms with Crippen molar-refractivity contribution in [1.82, 2.24) is 29.3 Å². The Labute approximate surface area is 163 Å². The Bertz CT molecular complexity index is 1360. The summed E-state index contributed by atoms with van der Waals surface area (Å²) in [7, 11) is 3.28. The summed E-state index contributed by atoms with van der Waals surface area (Å²) in [4.78, 5) is 36.9. The normalized spacial score (nSPS) is 11.1. The zero-order valence-corrected chi connectivity index (χ0v) is 15.6. The summed E-state index contributed by atoms with van der Waals surface area (Å²) < 4.78 is 3.97. The van der Waals surface area contributed by atoms with Crippen molar-refractivity contribution in [3.05, 3.63) is 74.4 Å². The summed E-state index contributed by atoms with van der Waals surface area (Å²) in [5.74, 6) is -0.544. The SMILES string of the molecule is Cn1nnnc1-c1ccc(Cn2c(=O)c3cc(C(=O)O)ccc3n(C)c2=O)cc1.